The average Bonchev–Trinajstić information content (AvgIpc) is 3.03. The van der Waals surface area contributed by atoms with Gasteiger partial charge in [-0.05, 0) is 60.2 Å². The Morgan fingerprint density at radius 1 is 0.860 bits per heavy atom. The zero-order chi connectivity index (χ0) is 30.3. The fourth-order valence-electron chi connectivity index (χ4n) is 5.92. The van der Waals surface area contributed by atoms with Gasteiger partial charge in [0.2, 0.25) is 0 Å². The van der Waals surface area contributed by atoms with Crippen molar-refractivity contribution >= 4 is 17.5 Å². The Morgan fingerprint density at radius 3 is 2.40 bits per heavy atom. The van der Waals surface area contributed by atoms with Crippen LogP contribution in [0.25, 0.3) is 0 Å². The number of rotatable bonds is 11. The molecule has 0 amide bonds. The van der Waals surface area contributed by atoms with Crippen LogP contribution in [-0.2, 0) is 25.7 Å². The number of allylic oxidation sites excluding steroid dienone is 2. The molecule has 43 heavy (non-hydrogen) atoms. The van der Waals surface area contributed by atoms with Gasteiger partial charge in [0.25, 0.3) is 0 Å². The minimum atomic E-state index is -0.749. The lowest BCUT2D eigenvalue weighted by molar-refractivity contribution is -0.147. The van der Waals surface area contributed by atoms with Crippen LogP contribution in [0.4, 0.5) is 0 Å². The van der Waals surface area contributed by atoms with Gasteiger partial charge in [-0.2, -0.15) is 0 Å². The number of Topliss-reactive ketones (excluding diaryl/α,β-unsaturated/α-hetero) is 1. The van der Waals surface area contributed by atoms with Crippen molar-refractivity contribution in [1.29, 1.82) is 0 Å². The second-order valence-corrected chi connectivity index (χ2v) is 10.7. The summed E-state index contributed by atoms with van der Waals surface area (Å²) in [5.74, 6) is 0.0374. The number of carbonyl (C=O) groups is 2. The Kier molecular flexibility index (Phi) is 9.57. The summed E-state index contributed by atoms with van der Waals surface area (Å²) in [7, 11) is 4.74. The van der Waals surface area contributed by atoms with Gasteiger partial charge >= 0.3 is 5.97 Å². The molecule has 0 saturated heterocycles. The molecule has 0 bridgehead atoms. The van der Waals surface area contributed by atoms with Crippen LogP contribution in [0.15, 0.2) is 89.1 Å². The van der Waals surface area contributed by atoms with E-state index < -0.39 is 17.8 Å². The van der Waals surface area contributed by atoms with Gasteiger partial charge in [-0.15, -0.1) is 0 Å². The minimum Gasteiger partial charge on any atom is -0.493 e. The number of ether oxygens (including phenoxy) is 5. The number of hydrogen-bond donors (Lipinski definition) is 0. The van der Waals surface area contributed by atoms with Crippen molar-refractivity contribution in [2.24, 2.45) is 10.9 Å². The third kappa shape index (κ3) is 6.65. The Balaban J connectivity index is 1.50. The topological polar surface area (TPSA) is 92.7 Å². The van der Waals surface area contributed by atoms with E-state index in [1.165, 1.54) is 0 Å². The van der Waals surface area contributed by atoms with Crippen molar-refractivity contribution in [2.75, 3.05) is 34.5 Å². The lowest BCUT2D eigenvalue weighted by Crippen LogP contribution is -2.38. The predicted octanol–water partition coefficient (Wildman–Crippen LogP) is 6.05. The maximum Gasteiger partial charge on any atom is 0.315 e. The summed E-state index contributed by atoms with van der Waals surface area (Å²) < 4.78 is 27.7. The second kappa shape index (κ2) is 13.7. The van der Waals surface area contributed by atoms with Crippen LogP contribution in [0.3, 0.4) is 0 Å². The molecular formula is C35H37NO7. The van der Waals surface area contributed by atoms with Gasteiger partial charge in [-0.3, -0.25) is 14.6 Å². The molecule has 3 aromatic carbocycles. The SMILES string of the molecule is COCCOC(=O)C1C(C)=NC2=C(C(=O)C[C@@H](c3ccc(OC)c(OC)c3)C2)[C@@H]1c1cccc(OCc2ccccc2)c1. The molecule has 8 nitrogen and oxygen atoms in total. The van der Waals surface area contributed by atoms with Crippen LogP contribution in [-0.4, -0.2) is 52.0 Å². The number of esters is 1. The fraction of sp³-hybridized carbons (Fsp3) is 0.343. The first-order chi connectivity index (χ1) is 20.9. The highest BCUT2D eigenvalue weighted by Crippen LogP contribution is 2.48. The van der Waals surface area contributed by atoms with E-state index in [2.05, 4.69) is 0 Å². The number of hydrogen-bond acceptors (Lipinski definition) is 8. The van der Waals surface area contributed by atoms with Crippen molar-refractivity contribution in [1.82, 2.24) is 0 Å². The number of benzene rings is 3. The molecule has 5 rings (SSSR count). The third-order valence-electron chi connectivity index (χ3n) is 8.02. The molecule has 1 heterocycles. The van der Waals surface area contributed by atoms with Crippen LogP contribution >= 0.6 is 0 Å². The fourth-order valence-corrected chi connectivity index (χ4v) is 5.92. The number of methoxy groups -OCH3 is 3. The minimum absolute atomic E-state index is 0.0346. The highest BCUT2D eigenvalue weighted by molar-refractivity contribution is 6.09. The van der Waals surface area contributed by atoms with E-state index in [0.717, 1.165) is 16.7 Å². The van der Waals surface area contributed by atoms with Gasteiger partial charge in [0, 0.05) is 36.4 Å². The summed E-state index contributed by atoms with van der Waals surface area (Å²) in [6, 6.07) is 23.3. The molecule has 3 atom stereocenters. The van der Waals surface area contributed by atoms with E-state index >= 15 is 0 Å². The zero-order valence-corrected chi connectivity index (χ0v) is 25.0. The highest BCUT2D eigenvalue weighted by atomic mass is 16.6. The zero-order valence-electron chi connectivity index (χ0n) is 25.0. The van der Waals surface area contributed by atoms with Gasteiger partial charge in [0.15, 0.2) is 17.3 Å². The first-order valence-corrected chi connectivity index (χ1v) is 14.4. The number of ketones is 1. The van der Waals surface area contributed by atoms with Gasteiger partial charge in [-0.25, -0.2) is 0 Å². The van der Waals surface area contributed by atoms with Gasteiger partial charge in [0.1, 0.15) is 24.9 Å². The monoisotopic (exact) mass is 583 g/mol. The molecule has 0 N–H and O–H groups in total. The first-order valence-electron chi connectivity index (χ1n) is 14.4. The van der Waals surface area contributed by atoms with Crippen molar-refractivity contribution in [2.45, 2.75) is 38.2 Å². The molecular weight excluding hydrogens is 546 g/mol. The Hall–Kier alpha value is -4.43. The lowest BCUT2D eigenvalue weighted by atomic mass is 9.69. The molecule has 0 fully saturated rings. The van der Waals surface area contributed by atoms with Crippen LogP contribution in [0.2, 0.25) is 0 Å². The predicted molar refractivity (Wildman–Crippen MR) is 163 cm³/mol. The summed E-state index contributed by atoms with van der Waals surface area (Å²) in [5.41, 5.74) is 4.70. The average molecular weight is 584 g/mol. The first kappa shape index (κ1) is 30.0. The largest absolute Gasteiger partial charge is 0.493 e. The molecule has 0 saturated carbocycles. The Morgan fingerprint density at radius 2 is 1.65 bits per heavy atom. The van der Waals surface area contributed by atoms with Crippen LogP contribution in [0.1, 0.15) is 48.3 Å². The molecule has 1 aliphatic heterocycles. The van der Waals surface area contributed by atoms with Crippen molar-refractivity contribution in [3.05, 3.63) is 101 Å². The molecule has 8 heteroatoms. The van der Waals surface area contributed by atoms with Crippen molar-refractivity contribution in [3.63, 3.8) is 0 Å². The van der Waals surface area contributed by atoms with Crippen molar-refractivity contribution < 1.29 is 33.3 Å². The maximum atomic E-state index is 14.0. The van der Waals surface area contributed by atoms with Crippen LogP contribution in [0.5, 0.6) is 17.2 Å². The Bertz CT molecular complexity index is 1530. The third-order valence-corrected chi connectivity index (χ3v) is 8.02. The summed E-state index contributed by atoms with van der Waals surface area (Å²) in [6.45, 7) is 2.63. The van der Waals surface area contributed by atoms with E-state index in [4.69, 9.17) is 28.7 Å². The Labute approximate surface area is 252 Å². The number of carbonyl (C=O) groups excluding carboxylic acids is 2. The standard InChI is InChI=1S/C35H37NO7/c1-22-32(35(38)42-16-15-39-2)33(25-11-8-12-27(17-25)43-21-23-9-6-5-7-10-23)34-28(36-22)18-26(19-29(34)37)24-13-14-30(40-3)31(20-24)41-4/h5-14,17,20,26,32-33H,15-16,18-19,21H2,1-4H3/t26-,32?,33+/m0/s1. The van der Waals surface area contributed by atoms with E-state index in [1.807, 2.05) is 79.7 Å². The van der Waals surface area contributed by atoms with Gasteiger partial charge in [0.05, 0.1) is 20.8 Å². The lowest BCUT2D eigenvalue weighted by Gasteiger charge is -2.36. The highest BCUT2D eigenvalue weighted by Gasteiger charge is 2.45. The van der Waals surface area contributed by atoms with E-state index in [-0.39, 0.29) is 31.3 Å². The molecule has 3 aromatic rings. The molecule has 0 aromatic heterocycles. The molecule has 0 radical (unpaired) electrons. The molecule has 2 aliphatic rings. The summed E-state index contributed by atoms with van der Waals surface area (Å²) in [5, 5.41) is 0. The van der Waals surface area contributed by atoms with E-state index in [0.29, 0.717) is 47.3 Å². The van der Waals surface area contributed by atoms with E-state index in [1.54, 1.807) is 21.3 Å². The number of nitrogens with zero attached hydrogens (tertiary/aromatic N) is 1. The maximum absolute atomic E-state index is 14.0. The summed E-state index contributed by atoms with van der Waals surface area (Å²) in [4.78, 5) is 32.4. The molecule has 0 spiro atoms. The quantitative estimate of drug-likeness (QED) is 0.201. The van der Waals surface area contributed by atoms with Gasteiger partial charge < -0.3 is 23.7 Å². The smallest absolute Gasteiger partial charge is 0.315 e. The summed E-state index contributed by atoms with van der Waals surface area (Å²) >= 11 is 0. The van der Waals surface area contributed by atoms with Gasteiger partial charge in [-0.1, -0.05) is 48.5 Å². The molecule has 1 aliphatic carbocycles. The molecule has 1 unspecified atom stereocenters. The molecule has 224 valence electrons. The van der Waals surface area contributed by atoms with Crippen molar-refractivity contribution in [3.8, 4) is 17.2 Å². The number of aliphatic imine (C=N–C) groups is 1. The summed E-state index contributed by atoms with van der Waals surface area (Å²) in [6.07, 6.45) is 0.842. The van der Waals surface area contributed by atoms with Crippen LogP contribution in [0, 0.1) is 5.92 Å². The van der Waals surface area contributed by atoms with E-state index in [9.17, 15) is 9.59 Å². The van der Waals surface area contributed by atoms with Crippen LogP contribution < -0.4 is 14.2 Å². The second-order valence-electron chi connectivity index (χ2n) is 10.7. The normalized spacial score (nSPS) is 19.8.